The lowest BCUT2D eigenvalue weighted by atomic mass is 9.86. The van der Waals surface area contributed by atoms with Gasteiger partial charge in [0.1, 0.15) is 5.82 Å². The van der Waals surface area contributed by atoms with Crippen molar-refractivity contribution in [1.82, 2.24) is 14.8 Å². The topological polar surface area (TPSA) is 89.4 Å². The van der Waals surface area contributed by atoms with Crippen molar-refractivity contribution in [3.8, 4) is 5.69 Å². The van der Waals surface area contributed by atoms with Crippen molar-refractivity contribution in [3.05, 3.63) is 59.7 Å². The molecule has 2 aromatic carbocycles. The maximum absolute atomic E-state index is 13.8. The molecule has 1 unspecified atom stereocenters. The Morgan fingerprint density at radius 2 is 1.94 bits per heavy atom. The Bertz CT molecular complexity index is 1340. The number of hydrogen-bond donors (Lipinski definition) is 2. The SMILES string of the molecule is O=C(O)[C@H]1CC(c2c(C3CCOCC3)n(-c3ccc(F)cc3)c3cc4cn[nH]c4cc23)CO1. The van der Waals surface area contributed by atoms with Crippen LogP contribution < -0.4 is 0 Å². The average Bonchev–Trinajstić information content (AvgIpc) is 3.55. The average molecular weight is 449 g/mol. The maximum atomic E-state index is 13.8. The molecule has 0 spiro atoms. The molecule has 7 nitrogen and oxygen atoms in total. The van der Waals surface area contributed by atoms with Crippen molar-refractivity contribution >= 4 is 27.8 Å². The normalized spacial score (nSPS) is 21.8. The summed E-state index contributed by atoms with van der Waals surface area (Å²) >= 11 is 0. The second-order valence-corrected chi connectivity index (χ2v) is 8.92. The van der Waals surface area contributed by atoms with Crippen LogP contribution in [0.4, 0.5) is 4.39 Å². The van der Waals surface area contributed by atoms with Crippen LogP contribution in [0, 0.1) is 5.82 Å². The molecule has 0 aliphatic carbocycles. The zero-order valence-corrected chi connectivity index (χ0v) is 18.0. The lowest BCUT2D eigenvalue weighted by molar-refractivity contribution is -0.147. The van der Waals surface area contributed by atoms with Gasteiger partial charge in [0.05, 0.1) is 23.8 Å². The van der Waals surface area contributed by atoms with Gasteiger partial charge in [0.25, 0.3) is 0 Å². The summed E-state index contributed by atoms with van der Waals surface area (Å²) in [7, 11) is 0. The van der Waals surface area contributed by atoms with Crippen LogP contribution >= 0.6 is 0 Å². The van der Waals surface area contributed by atoms with Crippen LogP contribution in [0.1, 0.15) is 42.4 Å². The first-order valence-corrected chi connectivity index (χ1v) is 11.3. The van der Waals surface area contributed by atoms with Crippen LogP contribution in [0.25, 0.3) is 27.5 Å². The van der Waals surface area contributed by atoms with Crippen molar-refractivity contribution < 1.29 is 23.8 Å². The quantitative estimate of drug-likeness (QED) is 0.479. The number of nitrogens with one attached hydrogen (secondary N) is 1. The number of ether oxygens (including phenoxy) is 2. The highest BCUT2D eigenvalue weighted by atomic mass is 19.1. The molecule has 4 heterocycles. The van der Waals surface area contributed by atoms with Crippen LogP contribution in [0.5, 0.6) is 0 Å². The third-order valence-electron chi connectivity index (χ3n) is 6.98. The first-order chi connectivity index (χ1) is 16.1. The Kier molecular flexibility index (Phi) is 4.92. The van der Waals surface area contributed by atoms with E-state index in [1.165, 1.54) is 12.1 Å². The maximum Gasteiger partial charge on any atom is 0.332 e. The van der Waals surface area contributed by atoms with E-state index in [2.05, 4.69) is 26.9 Å². The van der Waals surface area contributed by atoms with E-state index in [1.807, 2.05) is 0 Å². The molecule has 33 heavy (non-hydrogen) atoms. The fourth-order valence-corrected chi connectivity index (χ4v) is 5.44. The molecule has 2 aliphatic rings. The van der Waals surface area contributed by atoms with E-state index in [9.17, 15) is 14.3 Å². The van der Waals surface area contributed by atoms with Crippen molar-refractivity contribution in [2.24, 2.45) is 0 Å². The number of aliphatic carboxylic acids is 1. The highest BCUT2D eigenvalue weighted by Gasteiger charge is 2.37. The number of H-pyrrole nitrogens is 1. The Morgan fingerprint density at radius 1 is 1.15 bits per heavy atom. The Balaban J connectivity index is 1.65. The molecule has 0 saturated carbocycles. The molecule has 2 saturated heterocycles. The highest BCUT2D eigenvalue weighted by Crippen LogP contribution is 2.45. The Labute approximate surface area is 189 Å². The fraction of sp³-hybridized carbons (Fsp3) is 0.360. The zero-order chi connectivity index (χ0) is 22.5. The molecule has 170 valence electrons. The van der Waals surface area contributed by atoms with Crippen LogP contribution in [-0.4, -0.2) is 51.8 Å². The first-order valence-electron chi connectivity index (χ1n) is 11.3. The van der Waals surface area contributed by atoms with Crippen molar-refractivity contribution in [1.29, 1.82) is 0 Å². The van der Waals surface area contributed by atoms with E-state index in [0.29, 0.717) is 26.2 Å². The summed E-state index contributed by atoms with van der Waals surface area (Å²) in [6.07, 6.45) is 3.16. The summed E-state index contributed by atoms with van der Waals surface area (Å²) < 4.78 is 27.3. The first kappa shape index (κ1) is 20.4. The minimum Gasteiger partial charge on any atom is -0.479 e. The summed E-state index contributed by atoms with van der Waals surface area (Å²) in [5, 5.41) is 18.8. The van der Waals surface area contributed by atoms with E-state index in [1.54, 1.807) is 18.3 Å². The van der Waals surface area contributed by atoms with E-state index in [-0.39, 0.29) is 17.7 Å². The molecular formula is C25H24FN3O4. The molecule has 0 amide bonds. The van der Waals surface area contributed by atoms with Gasteiger partial charge in [0.15, 0.2) is 6.10 Å². The highest BCUT2D eigenvalue weighted by molar-refractivity contribution is 5.99. The number of aromatic amines is 1. The summed E-state index contributed by atoms with van der Waals surface area (Å²) in [6, 6.07) is 10.8. The molecular weight excluding hydrogens is 425 g/mol. The molecule has 8 heteroatoms. The number of carboxylic acid groups (broad SMARTS) is 1. The molecule has 4 aromatic rings. The van der Waals surface area contributed by atoms with Crippen LogP contribution in [0.15, 0.2) is 42.6 Å². The van der Waals surface area contributed by atoms with Gasteiger partial charge in [-0.05, 0) is 61.2 Å². The molecule has 2 fully saturated rings. The lowest BCUT2D eigenvalue weighted by Crippen LogP contribution is -2.19. The van der Waals surface area contributed by atoms with E-state index in [4.69, 9.17) is 9.47 Å². The summed E-state index contributed by atoms with van der Waals surface area (Å²) in [4.78, 5) is 11.6. The predicted molar refractivity (Wildman–Crippen MR) is 120 cm³/mol. The summed E-state index contributed by atoms with van der Waals surface area (Å²) in [5.41, 5.74) is 5.09. The number of carboxylic acids is 1. The predicted octanol–water partition coefficient (Wildman–Crippen LogP) is 4.50. The van der Waals surface area contributed by atoms with E-state index < -0.39 is 12.1 Å². The van der Waals surface area contributed by atoms with Gasteiger partial charge in [0, 0.05) is 47.2 Å². The molecule has 0 radical (unpaired) electrons. The second-order valence-electron chi connectivity index (χ2n) is 8.92. The third kappa shape index (κ3) is 3.41. The van der Waals surface area contributed by atoms with Crippen LogP contribution in [-0.2, 0) is 14.3 Å². The van der Waals surface area contributed by atoms with Crippen molar-refractivity contribution in [2.75, 3.05) is 19.8 Å². The second kappa shape index (κ2) is 7.97. The fourth-order valence-electron chi connectivity index (χ4n) is 5.44. The van der Waals surface area contributed by atoms with Gasteiger partial charge in [-0.3, -0.25) is 5.10 Å². The standard InChI is InChI=1S/C25H24FN3O4/c26-17-1-3-18(4-2-17)29-21-9-15-12-27-28-20(15)11-19(21)23(16-10-22(25(30)31)33-13-16)24(29)14-5-7-32-8-6-14/h1-4,9,11-12,14,16,22H,5-8,10,13H2,(H,27,28)(H,30,31)/t16?,22-/m1/s1. The number of halogens is 1. The van der Waals surface area contributed by atoms with Crippen LogP contribution in [0.2, 0.25) is 0 Å². The smallest absolute Gasteiger partial charge is 0.332 e. The number of rotatable bonds is 4. The minimum absolute atomic E-state index is 0.0477. The zero-order valence-electron chi connectivity index (χ0n) is 18.0. The third-order valence-corrected chi connectivity index (χ3v) is 6.98. The number of fused-ring (bicyclic) bond motifs is 2. The number of benzene rings is 2. The molecule has 6 rings (SSSR count). The van der Waals surface area contributed by atoms with Gasteiger partial charge in [-0.1, -0.05) is 0 Å². The van der Waals surface area contributed by atoms with E-state index in [0.717, 1.165) is 51.6 Å². The van der Waals surface area contributed by atoms with Crippen molar-refractivity contribution in [2.45, 2.75) is 37.2 Å². The molecule has 2 aliphatic heterocycles. The lowest BCUT2D eigenvalue weighted by Gasteiger charge is -2.26. The monoisotopic (exact) mass is 449 g/mol. The number of aromatic nitrogens is 3. The van der Waals surface area contributed by atoms with Crippen LogP contribution in [0.3, 0.4) is 0 Å². The molecule has 2 atom stereocenters. The van der Waals surface area contributed by atoms with Gasteiger partial charge in [0.2, 0.25) is 0 Å². The summed E-state index contributed by atoms with van der Waals surface area (Å²) in [6.45, 7) is 1.72. The Morgan fingerprint density at radius 3 is 2.67 bits per heavy atom. The number of hydrogen-bond acceptors (Lipinski definition) is 4. The number of nitrogens with zero attached hydrogens (tertiary/aromatic N) is 2. The molecule has 2 N–H and O–H groups in total. The van der Waals surface area contributed by atoms with Gasteiger partial charge in [-0.25, -0.2) is 9.18 Å². The minimum atomic E-state index is -0.927. The van der Waals surface area contributed by atoms with Gasteiger partial charge >= 0.3 is 5.97 Å². The van der Waals surface area contributed by atoms with Gasteiger partial charge < -0.3 is 19.1 Å². The molecule has 0 bridgehead atoms. The van der Waals surface area contributed by atoms with Gasteiger partial charge in [-0.15, -0.1) is 0 Å². The molecule has 2 aromatic heterocycles. The summed E-state index contributed by atoms with van der Waals surface area (Å²) in [5.74, 6) is -1.02. The van der Waals surface area contributed by atoms with Crippen molar-refractivity contribution in [3.63, 3.8) is 0 Å². The van der Waals surface area contributed by atoms with E-state index >= 15 is 0 Å². The van der Waals surface area contributed by atoms with Gasteiger partial charge in [-0.2, -0.15) is 5.10 Å². The number of carbonyl (C=O) groups is 1. The largest absolute Gasteiger partial charge is 0.479 e. The Hall–Kier alpha value is -3.23.